The third-order valence-corrected chi connectivity index (χ3v) is 4.03. The second-order valence-corrected chi connectivity index (χ2v) is 5.21. The Bertz CT molecular complexity index is 545. The number of carbonyl (C=O) groups excluding carboxylic acids is 1. The van der Waals surface area contributed by atoms with E-state index in [0.29, 0.717) is 17.5 Å². The molecule has 2 aromatic rings. The summed E-state index contributed by atoms with van der Waals surface area (Å²) in [6.07, 6.45) is 1.43. The number of likely N-dealkylation sites (N-methyl/N-ethyl adjacent to an activating group) is 1. The van der Waals surface area contributed by atoms with Gasteiger partial charge in [0.25, 0.3) is 0 Å². The summed E-state index contributed by atoms with van der Waals surface area (Å²) >= 11 is 1.40. The summed E-state index contributed by atoms with van der Waals surface area (Å²) in [5, 5.41) is 10.4. The number of nitrogens with one attached hydrogen (secondary N) is 2. The molecule has 0 radical (unpaired) electrons. The topological polar surface area (TPSA) is 96.7 Å². The number of aromatic nitrogens is 3. The van der Waals surface area contributed by atoms with Crippen molar-refractivity contribution >= 4 is 17.7 Å². The molecule has 1 aromatic carbocycles. The zero-order valence-electron chi connectivity index (χ0n) is 11.2. The number of hydrogen-bond donors (Lipinski definition) is 3. The first kappa shape index (κ1) is 14.5. The van der Waals surface area contributed by atoms with Gasteiger partial charge in [-0.2, -0.15) is 5.10 Å². The Morgan fingerprint density at radius 3 is 2.75 bits per heavy atom. The highest BCUT2D eigenvalue weighted by atomic mass is 32.2. The van der Waals surface area contributed by atoms with Crippen LogP contribution >= 0.6 is 11.8 Å². The molecule has 1 amide bonds. The van der Waals surface area contributed by atoms with E-state index in [1.807, 2.05) is 37.3 Å². The van der Waals surface area contributed by atoms with Crippen LogP contribution in [0.4, 0.5) is 0 Å². The maximum atomic E-state index is 12.1. The van der Waals surface area contributed by atoms with Crippen molar-refractivity contribution in [2.75, 3.05) is 12.3 Å². The highest BCUT2D eigenvalue weighted by Crippen LogP contribution is 2.28. The van der Waals surface area contributed by atoms with Gasteiger partial charge in [-0.25, -0.2) is 4.98 Å². The normalized spacial score (nSPS) is 13.8. The number of hydrogen-bond acceptors (Lipinski definition) is 5. The molecular formula is C13H17N5OS. The van der Waals surface area contributed by atoms with E-state index in [9.17, 15) is 4.79 Å². The van der Waals surface area contributed by atoms with Gasteiger partial charge in [-0.3, -0.25) is 15.2 Å². The Hall–Kier alpha value is -1.86. The molecule has 7 heteroatoms. The SMILES string of the molecule is CCNC(CSc1ncn[nH]1)(C(N)=O)c1ccccc1. The number of rotatable bonds is 7. The van der Waals surface area contributed by atoms with Crippen LogP contribution in [-0.2, 0) is 10.3 Å². The van der Waals surface area contributed by atoms with Crippen LogP contribution in [0.3, 0.4) is 0 Å². The fourth-order valence-corrected chi connectivity index (χ4v) is 3.00. The number of H-pyrrole nitrogens is 1. The molecule has 0 aliphatic heterocycles. The van der Waals surface area contributed by atoms with E-state index in [4.69, 9.17) is 5.73 Å². The molecule has 6 nitrogen and oxygen atoms in total. The van der Waals surface area contributed by atoms with Gasteiger partial charge in [0.2, 0.25) is 5.91 Å². The van der Waals surface area contributed by atoms with E-state index in [2.05, 4.69) is 20.5 Å². The first-order valence-electron chi connectivity index (χ1n) is 6.27. The summed E-state index contributed by atoms with van der Waals surface area (Å²) < 4.78 is 0. The average molecular weight is 291 g/mol. The van der Waals surface area contributed by atoms with Gasteiger partial charge in [0, 0.05) is 5.75 Å². The van der Waals surface area contributed by atoms with Crippen LogP contribution in [0.25, 0.3) is 0 Å². The smallest absolute Gasteiger partial charge is 0.243 e. The van der Waals surface area contributed by atoms with Crippen LogP contribution in [0.15, 0.2) is 41.8 Å². The minimum absolute atomic E-state index is 0.405. The molecule has 106 valence electrons. The van der Waals surface area contributed by atoms with E-state index in [1.54, 1.807) is 0 Å². The fraction of sp³-hybridized carbons (Fsp3) is 0.308. The molecule has 0 aliphatic carbocycles. The third-order valence-electron chi connectivity index (χ3n) is 2.98. The average Bonchev–Trinajstić information content (AvgIpc) is 2.97. The van der Waals surface area contributed by atoms with Crippen molar-refractivity contribution in [2.45, 2.75) is 17.6 Å². The Kier molecular flexibility index (Phi) is 4.75. The lowest BCUT2D eigenvalue weighted by molar-refractivity contribution is -0.123. The number of amides is 1. The summed E-state index contributed by atoms with van der Waals surface area (Å²) in [6.45, 7) is 2.58. The summed E-state index contributed by atoms with van der Waals surface area (Å²) in [7, 11) is 0. The van der Waals surface area contributed by atoms with Gasteiger partial charge >= 0.3 is 0 Å². The molecule has 1 atom stereocenters. The van der Waals surface area contributed by atoms with Crippen LogP contribution in [0, 0.1) is 0 Å². The molecular weight excluding hydrogens is 274 g/mol. The first-order valence-corrected chi connectivity index (χ1v) is 7.26. The van der Waals surface area contributed by atoms with Crippen molar-refractivity contribution in [3.63, 3.8) is 0 Å². The van der Waals surface area contributed by atoms with E-state index < -0.39 is 11.4 Å². The third kappa shape index (κ3) is 3.00. The van der Waals surface area contributed by atoms with E-state index in [-0.39, 0.29) is 0 Å². The number of carbonyl (C=O) groups is 1. The molecule has 20 heavy (non-hydrogen) atoms. The molecule has 4 N–H and O–H groups in total. The largest absolute Gasteiger partial charge is 0.368 e. The van der Waals surface area contributed by atoms with Crippen LogP contribution in [0.5, 0.6) is 0 Å². The molecule has 1 heterocycles. The monoisotopic (exact) mass is 291 g/mol. The van der Waals surface area contributed by atoms with Crippen molar-refractivity contribution < 1.29 is 4.79 Å². The zero-order valence-corrected chi connectivity index (χ0v) is 12.0. The van der Waals surface area contributed by atoms with Gasteiger partial charge < -0.3 is 5.73 Å². The number of thioether (sulfide) groups is 1. The van der Waals surface area contributed by atoms with E-state index in [0.717, 1.165) is 5.56 Å². The second-order valence-electron chi connectivity index (χ2n) is 4.25. The van der Waals surface area contributed by atoms with E-state index in [1.165, 1.54) is 18.1 Å². The maximum Gasteiger partial charge on any atom is 0.243 e. The Balaban J connectivity index is 2.29. The van der Waals surface area contributed by atoms with Crippen LogP contribution in [0.2, 0.25) is 0 Å². The van der Waals surface area contributed by atoms with Gasteiger partial charge in [0.15, 0.2) is 5.16 Å². The van der Waals surface area contributed by atoms with Crippen LogP contribution < -0.4 is 11.1 Å². The van der Waals surface area contributed by atoms with Crippen molar-refractivity contribution in [3.8, 4) is 0 Å². The molecule has 0 saturated carbocycles. The second kappa shape index (κ2) is 6.53. The van der Waals surface area contributed by atoms with Gasteiger partial charge in [-0.05, 0) is 12.1 Å². The highest BCUT2D eigenvalue weighted by Gasteiger charge is 2.38. The molecule has 0 spiro atoms. The van der Waals surface area contributed by atoms with E-state index >= 15 is 0 Å². The fourth-order valence-electron chi connectivity index (χ4n) is 2.00. The number of benzene rings is 1. The number of nitrogens with zero attached hydrogens (tertiary/aromatic N) is 2. The summed E-state index contributed by atoms with van der Waals surface area (Å²) in [5.74, 6) is 0.0348. The summed E-state index contributed by atoms with van der Waals surface area (Å²) in [5.41, 5.74) is 5.59. The summed E-state index contributed by atoms with van der Waals surface area (Å²) in [6, 6.07) is 9.49. The predicted molar refractivity (Wildman–Crippen MR) is 78.1 cm³/mol. The molecule has 0 fully saturated rings. The standard InChI is InChI=1S/C13H17N5OS/c1-2-16-13(11(14)19,10-6-4-3-5-7-10)8-20-12-15-9-17-18-12/h3-7,9,16H,2,8H2,1H3,(H2,14,19)(H,15,17,18). The van der Waals surface area contributed by atoms with Crippen molar-refractivity contribution in [3.05, 3.63) is 42.2 Å². The number of nitrogens with two attached hydrogens (primary N) is 1. The molecule has 2 rings (SSSR count). The zero-order chi connectivity index (χ0) is 14.4. The highest BCUT2D eigenvalue weighted by molar-refractivity contribution is 7.99. The first-order chi connectivity index (χ1) is 9.69. The molecule has 0 bridgehead atoms. The van der Waals surface area contributed by atoms with Gasteiger partial charge in [-0.15, -0.1) is 0 Å². The Morgan fingerprint density at radius 1 is 1.45 bits per heavy atom. The lowest BCUT2D eigenvalue weighted by atomic mass is 9.91. The van der Waals surface area contributed by atoms with Crippen LogP contribution in [-0.4, -0.2) is 33.4 Å². The Morgan fingerprint density at radius 2 is 2.20 bits per heavy atom. The molecule has 1 aromatic heterocycles. The molecule has 0 aliphatic rings. The number of aromatic amines is 1. The van der Waals surface area contributed by atoms with Crippen molar-refractivity contribution in [1.29, 1.82) is 0 Å². The van der Waals surface area contributed by atoms with Gasteiger partial charge in [-0.1, -0.05) is 49.0 Å². The molecule has 1 unspecified atom stereocenters. The lowest BCUT2D eigenvalue weighted by Crippen LogP contribution is -2.54. The minimum Gasteiger partial charge on any atom is -0.368 e. The molecule has 0 saturated heterocycles. The minimum atomic E-state index is -0.923. The van der Waals surface area contributed by atoms with Gasteiger partial charge in [0.05, 0.1) is 0 Å². The summed E-state index contributed by atoms with van der Waals surface area (Å²) in [4.78, 5) is 16.1. The van der Waals surface area contributed by atoms with Gasteiger partial charge in [0.1, 0.15) is 11.9 Å². The Labute approximate surface area is 121 Å². The maximum absolute atomic E-state index is 12.1. The number of primary amides is 1. The van der Waals surface area contributed by atoms with Crippen molar-refractivity contribution in [2.24, 2.45) is 5.73 Å². The predicted octanol–water partition coefficient (Wildman–Crippen LogP) is 0.887. The van der Waals surface area contributed by atoms with Crippen molar-refractivity contribution in [1.82, 2.24) is 20.5 Å². The quantitative estimate of drug-likeness (QED) is 0.658. The van der Waals surface area contributed by atoms with Crippen LogP contribution in [0.1, 0.15) is 12.5 Å². The lowest BCUT2D eigenvalue weighted by Gasteiger charge is -2.31.